The van der Waals surface area contributed by atoms with Gasteiger partial charge >= 0.3 is 0 Å². The van der Waals surface area contributed by atoms with Gasteiger partial charge in [0.1, 0.15) is 6.04 Å². The van der Waals surface area contributed by atoms with Gasteiger partial charge < -0.3 is 10.2 Å². The van der Waals surface area contributed by atoms with Crippen molar-refractivity contribution < 1.29 is 9.59 Å². The number of nitrogens with one attached hydrogen (secondary N) is 1. The molecule has 0 heterocycles. The number of carbonyl (C=O) groups is 2. The van der Waals surface area contributed by atoms with Gasteiger partial charge in [-0.15, -0.1) is 0 Å². The van der Waals surface area contributed by atoms with Crippen LogP contribution >= 0.6 is 11.6 Å². The van der Waals surface area contributed by atoms with Gasteiger partial charge in [-0.25, -0.2) is 0 Å². The molecule has 0 aromatic heterocycles. The van der Waals surface area contributed by atoms with Crippen molar-refractivity contribution in [2.75, 3.05) is 6.54 Å². The molecule has 0 aliphatic rings. The lowest BCUT2D eigenvalue weighted by Gasteiger charge is -2.29. The minimum atomic E-state index is -0.551. The number of hydrogen-bond acceptors (Lipinski definition) is 2. The maximum atomic E-state index is 13.2. The van der Waals surface area contributed by atoms with Crippen LogP contribution in [0.4, 0.5) is 0 Å². The van der Waals surface area contributed by atoms with E-state index in [-0.39, 0.29) is 11.8 Å². The van der Waals surface area contributed by atoms with E-state index in [2.05, 4.69) is 43.4 Å². The third kappa shape index (κ3) is 8.02. The monoisotopic (exact) mass is 442 g/mol. The van der Waals surface area contributed by atoms with E-state index in [4.69, 9.17) is 11.6 Å². The van der Waals surface area contributed by atoms with Gasteiger partial charge in [-0.2, -0.15) is 0 Å². The summed E-state index contributed by atoms with van der Waals surface area (Å²) in [5, 5.41) is 3.60. The molecule has 0 saturated carbocycles. The van der Waals surface area contributed by atoms with Crippen LogP contribution in [0.2, 0.25) is 5.02 Å². The fourth-order valence-corrected chi connectivity index (χ4v) is 3.41. The molecule has 2 aromatic carbocycles. The molecular weight excluding hydrogens is 408 g/mol. The number of halogens is 1. The van der Waals surface area contributed by atoms with Gasteiger partial charge in [0.15, 0.2) is 0 Å². The normalized spacial score (nSPS) is 12.1. The molecule has 0 spiro atoms. The van der Waals surface area contributed by atoms with E-state index in [9.17, 15) is 9.59 Å². The number of hydrogen-bond donors (Lipinski definition) is 1. The molecule has 0 aliphatic carbocycles. The molecule has 0 saturated heterocycles. The van der Waals surface area contributed by atoms with Crippen molar-refractivity contribution in [2.45, 2.75) is 66.0 Å². The average molecular weight is 443 g/mol. The van der Waals surface area contributed by atoms with Crippen molar-refractivity contribution >= 4 is 23.4 Å². The highest BCUT2D eigenvalue weighted by Crippen LogP contribution is 2.18. The summed E-state index contributed by atoms with van der Waals surface area (Å²) in [6.45, 7) is 11.2. The lowest BCUT2D eigenvalue weighted by molar-refractivity contribution is -0.140. The molecule has 1 unspecified atom stereocenters. The number of rotatable bonds is 10. The van der Waals surface area contributed by atoms with E-state index in [0.717, 1.165) is 11.1 Å². The summed E-state index contributed by atoms with van der Waals surface area (Å²) in [5.41, 5.74) is 3.36. The number of benzene rings is 2. The molecule has 5 heteroatoms. The first kappa shape index (κ1) is 24.9. The molecular formula is C26H35ClN2O2. The molecule has 1 N–H and O–H groups in total. The topological polar surface area (TPSA) is 49.4 Å². The van der Waals surface area contributed by atoms with Gasteiger partial charge in [0.2, 0.25) is 11.8 Å². The summed E-state index contributed by atoms with van der Waals surface area (Å²) < 4.78 is 0. The zero-order valence-electron chi connectivity index (χ0n) is 19.3. The largest absolute Gasteiger partial charge is 0.354 e. The van der Waals surface area contributed by atoms with E-state index < -0.39 is 6.04 Å². The third-order valence-corrected chi connectivity index (χ3v) is 5.64. The Hall–Kier alpha value is -2.33. The fourth-order valence-electron chi connectivity index (χ4n) is 3.29. The van der Waals surface area contributed by atoms with E-state index in [0.29, 0.717) is 42.8 Å². The van der Waals surface area contributed by atoms with Gasteiger partial charge in [-0.1, -0.05) is 75.7 Å². The molecule has 4 nitrogen and oxygen atoms in total. The molecule has 168 valence electrons. The second kappa shape index (κ2) is 11.9. The van der Waals surface area contributed by atoms with Crippen LogP contribution in [-0.2, 0) is 22.6 Å². The second-order valence-electron chi connectivity index (χ2n) is 8.86. The lowest BCUT2D eigenvalue weighted by atomic mass is 10.00. The van der Waals surface area contributed by atoms with Crippen LogP contribution in [-0.4, -0.2) is 29.3 Å². The summed E-state index contributed by atoms with van der Waals surface area (Å²) >= 11 is 6.00. The maximum Gasteiger partial charge on any atom is 0.242 e. The van der Waals surface area contributed by atoms with Crippen molar-refractivity contribution in [3.8, 4) is 0 Å². The third-order valence-electron chi connectivity index (χ3n) is 5.39. The first-order chi connectivity index (χ1) is 14.7. The molecule has 0 fully saturated rings. The molecule has 1 atom stereocenters. The van der Waals surface area contributed by atoms with Crippen molar-refractivity contribution in [3.63, 3.8) is 0 Å². The van der Waals surface area contributed by atoms with Crippen LogP contribution in [0.1, 0.15) is 63.6 Å². The minimum absolute atomic E-state index is 0.0323. The first-order valence-corrected chi connectivity index (χ1v) is 11.5. The van der Waals surface area contributed by atoms with E-state index in [1.165, 1.54) is 5.56 Å². The molecule has 0 aliphatic heterocycles. The number of nitrogens with zero attached hydrogens (tertiary/aromatic N) is 1. The predicted molar refractivity (Wildman–Crippen MR) is 128 cm³/mol. The Morgan fingerprint density at radius 1 is 0.903 bits per heavy atom. The zero-order valence-corrected chi connectivity index (χ0v) is 20.1. The van der Waals surface area contributed by atoms with Gasteiger partial charge in [0.25, 0.3) is 0 Å². The predicted octanol–water partition coefficient (Wildman–Crippen LogP) is 5.59. The quantitative estimate of drug-likeness (QED) is 0.521. The van der Waals surface area contributed by atoms with E-state index in [1.807, 2.05) is 26.0 Å². The Bertz CT molecular complexity index is 845. The Labute approximate surface area is 192 Å². The molecule has 0 bridgehead atoms. The van der Waals surface area contributed by atoms with E-state index in [1.54, 1.807) is 24.0 Å². The zero-order chi connectivity index (χ0) is 23.0. The lowest BCUT2D eigenvalue weighted by Crippen LogP contribution is -2.48. The maximum absolute atomic E-state index is 13.2. The van der Waals surface area contributed by atoms with Crippen molar-refractivity contribution in [1.82, 2.24) is 10.2 Å². The van der Waals surface area contributed by atoms with Gasteiger partial charge in [-0.05, 0) is 54.0 Å². The van der Waals surface area contributed by atoms with Gasteiger partial charge in [0, 0.05) is 24.5 Å². The fraction of sp³-hybridized carbons (Fsp3) is 0.462. The summed E-state index contributed by atoms with van der Waals surface area (Å²) in [4.78, 5) is 27.5. The molecule has 0 radical (unpaired) electrons. The summed E-state index contributed by atoms with van der Waals surface area (Å²) in [5.74, 6) is 0.675. The summed E-state index contributed by atoms with van der Waals surface area (Å²) in [6, 6.07) is 15.3. The molecule has 2 aromatic rings. The molecule has 2 amide bonds. The van der Waals surface area contributed by atoms with Crippen molar-refractivity contribution in [1.29, 1.82) is 0 Å². The number of amides is 2. The van der Waals surface area contributed by atoms with Crippen LogP contribution in [0.15, 0.2) is 48.5 Å². The minimum Gasteiger partial charge on any atom is -0.354 e. The van der Waals surface area contributed by atoms with Crippen LogP contribution in [0, 0.1) is 5.92 Å². The molecule has 2 rings (SSSR count). The van der Waals surface area contributed by atoms with Gasteiger partial charge in [-0.3, -0.25) is 9.59 Å². The Morgan fingerprint density at radius 2 is 1.48 bits per heavy atom. The SMILES string of the molecule is CC(C)CNC(=O)C(C)N(Cc1ccc(Cl)cc1)C(=O)CCc1ccc(C(C)C)cc1. The highest BCUT2D eigenvalue weighted by molar-refractivity contribution is 6.30. The molecule has 31 heavy (non-hydrogen) atoms. The Morgan fingerprint density at radius 3 is 2.03 bits per heavy atom. The number of carbonyl (C=O) groups excluding carboxylic acids is 2. The number of aryl methyl sites for hydroxylation is 1. The van der Waals surface area contributed by atoms with Crippen LogP contribution < -0.4 is 5.32 Å². The van der Waals surface area contributed by atoms with E-state index >= 15 is 0 Å². The summed E-state index contributed by atoms with van der Waals surface area (Å²) in [7, 11) is 0. The second-order valence-corrected chi connectivity index (χ2v) is 9.30. The Balaban J connectivity index is 2.10. The highest BCUT2D eigenvalue weighted by Gasteiger charge is 2.26. The highest BCUT2D eigenvalue weighted by atomic mass is 35.5. The summed E-state index contributed by atoms with van der Waals surface area (Å²) in [6.07, 6.45) is 1.01. The van der Waals surface area contributed by atoms with Crippen molar-refractivity contribution in [2.24, 2.45) is 5.92 Å². The standard InChI is InChI=1S/C26H35ClN2O2/c1-18(2)16-28-26(31)20(5)29(17-22-8-13-24(27)14-9-22)25(30)15-10-21-6-11-23(12-7-21)19(3)4/h6-9,11-14,18-20H,10,15-17H2,1-5H3,(H,28,31). The van der Waals surface area contributed by atoms with Crippen molar-refractivity contribution in [3.05, 3.63) is 70.2 Å². The first-order valence-electron chi connectivity index (χ1n) is 11.1. The van der Waals surface area contributed by atoms with Crippen LogP contribution in [0.5, 0.6) is 0 Å². The Kier molecular flexibility index (Phi) is 9.57. The van der Waals surface area contributed by atoms with Gasteiger partial charge in [0.05, 0.1) is 0 Å². The van der Waals surface area contributed by atoms with Crippen LogP contribution in [0.3, 0.4) is 0 Å². The van der Waals surface area contributed by atoms with Crippen LogP contribution in [0.25, 0.3) is 0 Å². The smallest absolute Gasteiger partial charge is 0.242 e. The average Bonchev–Trinajstić information content (AvgIpc) is 2.75.